The summed E-state index contributed by atoms with van der Waals surface area (Å²) in [5.74, 6) is 0. The number of ether oxygens (including phenoxy) is 2. The van der Waals surface area contributed by atoms with Crippen LogP contribution in [0.3, 0.4) is 0 Å². The molecule has 504 valence electrons. The van der Waals surface area contributed by atoms with Crippen LogP contribution >= 0.6 is 57.8 Å². The van der Waals surface area contributed by atoms with Crippen LogP contribution in [-0.4, -0.2) is 73.1 Å². The number of pyridine rings is 3. The van der Waals surface area contributed by atoms with Gasteiger partial charge in [0.1, 0.15) is 6.29 Å². The minimum atomic E-state index is -1.06. The van der Waals surface area contributed by atoms with E-state index in [1.54, 1.807) is 45.3 Å². The first-order valence-corrected chi connectivity index (χ1v) is 35.4. The van der Waals surface area contributed by atoms with E-state index in [0.717, 1.165) is 87.9 Å². The van der Waals surface area contributed by atoms with Crippen LogP contribution in [0.25, 0.3) is 24.3 Å². The van der Waals surface area contributed by atoms with E-state index < -0.39 is 14.2 Å². The first-order chi connectivity index (χ1) is 43.3. The Hall–Kier alpha value is -2.83. The van der Waals surface area contributed by atoms with Crippen LogP contribution in [0.15, 0.2) is 73.6 Å². The number of aromatic nitrogens is 3. The fourth-order valence-electron chi connectivity index (χ4n) is 8.41. The summed E-state index contributed by atoms with van der Waals surface area (Å²) in [4.78, 5) is 21.9. The molecule has 20 heteroatoms. The number of nitrogens with zero attached hydrogens (tertiary/aromatic N) is 3. The summed E-state index contributed by atoms with van der Waals surface area (Å²) < 4.78 is 55.8. The van der Waals surface area contributed by atoms with E-state index >= 15 is 0 Å². The predicted octanol–water partition coefficient (Wildman–Crippen LogP) is 17.6. The van der Waals surface area contributed by atoms with E-state index in [-0.39, 0.29) is 68.8 Å². The topological polar surface area (TPSA) is 178 Å². The molecule has 0 aliphatic heterocycles. The fraction of sp³-hybridized carbons (Fsp3) is 0.472. The van der Waals surface area contributed by atoms with Crippen LogP contribution in [0.1, 0.15) is 191 Å². The van der Waals surface area contributed by atoms with Crippen molar-refractivity contribution in [1.29, 1.82) is 0 Å². The van der Waals surface area contributed by atoms with E-state index in [1.807, 2.05) is 125 Å². The largest absolute Gasteiger partial charge is 1.00 e. The molecular weight excluding hydrogens is 1370 g/mol. The van der Waals surface area contributed by atoms with Gasteiger partial charge < -0.3 is 28.2 Å². The van der Waals surface area contributed by atoms with Gasteiger partial charge in [0, 0.05) is 79.8 Å². The van der Waals surface area contributed by atoms with Crippen molar-refractivity contribution in [3.8, 4) is 0 Å². The fourth-order valence-corrected chi connectivity index (χ4v) is 11.3. The summed E-state index contributed by atoms with van der Waals surface area (Å²) in [7, 11) is -1.68. The molecule has 0 aliphatic carbocycles. The second-order valence-electron chi connectivity index (χ2n) is 21.0. The molecule has 14 nitrogen and oxygen atoms in total. The Morgan fingerprint density at radius 1 is 0.424 bits per heavy atom. The molecule has 3 aromatic heterocycles. The zero-order chi connectivity index (χ0) is 69.5. The van der Waals surface area contributed by atoms with E-state index in [0.29, 0.717) is 38.6 Å². The maximum absolute atomic E-state index is 10.4. The molecule has 0 saturated heterocycles. The maximum Gasteiger partial charge on any atom is 1.00 e. The van der Waals surface area contributed by atoms with Gasteiger partial charge in [0.15, 0.2) is 0 Å². The molecular formula is C72H105Br2KN3O11P3. The number of carbonyl (C=O) groups is 1. The molecule has 0 amide bonds. The molecule has 0 saturated carbocycles. The van der Waals surface area contributed by atoms with Gasteiger partial charge in [-0.15, -0.1) is 5.60 Å². The third kappa shape index (κ3) is 38.2. The maximum atomic E-state index is 10.4. The van der Waals surface area contributed by atoms with Crippen LogP contribution in [-0.2, 0) is 65.1 Å². The van der Waals surface area contributed by atoms with Crippen molar-refractivity contribution < 1.29 is 103 Å². The van der Waals surface area contributed by atoms with Gasteiger partial charge in [-0.1, -0.05) is 76.9 Å². The summed E-state index contributed by atoms with van der Waals surface area (Å²) in [5.41, 5.74) is 25.3. The Kier molecular flexibility index (Phi) is 57.0. The monoisotopic (exact) mass is 1480 g/mol. The Bertz CT molecular complexity index is 2770. The van der Waals surface area contributed by atoms with Gasteiger partial charge in [0.2, 0.25) is 0 Å². The van der Waals surface area contributed by atoms with Gasteiger partial charge in [-0.2, -0.15) is 0 Å². The van der Waals surface area contributed by atoms with Crippen LogP contribution in [0.4, 0.5) is 0 Å². The number of hydrogen-bond acceptors (Lipinski definition) is 14. The second kappa shape index (κ2) is 56.2. The summed E-state index contributed by atoms with van der Waals surface area (Å²) in [6, 6.07) is 11.4. The van der Waals surface area contributed by atoms with Crippen molar-refractivity contribution in [3.05, 3.63) is 190 Å². The van der Waals surface area contributed by atoms with Crippen LogP contribution in [0.5, 0.6) is 0 Å². The number of rotatable bonds is 23. The third-order valence-electron chi connectivity index (χ3n) is 14.1. The molecule has 0 fully saturated rings. The third-order valence-corrected chi connectivity index (χ3v) is 17.1. The number of halogens is 2. The summed E-state index contributed by atoms with van der Waals surface area (Å²) >= 11 is 7.12. The van der Waals surface area contributed by atoms with Crippen molar-refractivity contribution in [1.82, 2.24) is 15.0 Å². The first-order valence-electron chi connectivity index (χ1n) is 30.6. The zero-order valence-electron chi connectivity index (χ0n) is 59.5. The van der Waals surface area contributed by atoms with E-state index in [4.69, 9.17) is 32.1 Å². The molecule has 0 aliphatic rings. The van der Waals surface area contributed by atoms with Gasteiger partial charge in [0.05, 0.1) is 33.0 Å². The van der Waals surface area contributed by atoms with Crippen molar-refractivity contribution in [2.75, 3.05) is 46.2 Å². The van der Waals surface area contributed by atoms with Crippen LogP contribution in [0.2, 0.25) is 0 Å². The average molecular weight is 1480 g/mol. The minimum Gasteiger partial charge on any atom is -0.850 e. The number of aldehydes is 1. The molecule has 6 aromatic rings. The molecule has 3 aromatic carbocycles. The minimum absolute atomic E-state index is 0. The van der Waals surface area contributed by atoms with Crippen LogP contribution < -0.4 is 56.5 Å². The Morgan fingerprint density at radius 2 is 0.663 bits per heavy atom. The van der Waals surface area contributed by atoms with E-state index in [9.17, 15) is 19.0 Å². The first kappa shape index (κ1) is 93.4. The zero-order valence-corrected chi connectivity index (χ0v) is 68.5. The molecule has 3 heterocycles. The Morgan fingerprint density at radius 3 is 0.848 bits per heavy atom. The molecule has 0 radical (unpaired) electrons. The molecule has 6 rings (SSSR count). The smallest absolute Gasteiger partial charge is 0.850 e. The number of hydrogen-bond donors (Lipinski definition) is 0. The Balaban J connectivity index is -0.00000106. The number of carbonyl (C=O) groups excluding carboxylic acids is 1. The molecule has 0 spiro atoms. The second-order valence-corrected chi connectivity index (χ2v) is 24.1. The summed E-state index contributed by atoms with van der Waals surface area (Å²) in [6.07, 6.45) is 20.0. The molecule has 0 unspecified atom stereocenters. The molecule has 0 atom stereocenters. The normalized spacial score (nSPS) is 10.6. The van der Waals surface area contributed by atoms with Crippen molar-refractivity contribution in [3.63, 3.8) is 0 Å². The SMILES string of the molecule is CC(C)(C)[O-].CCOCC.CCOCC.CCOP(OCC)OCC.Cc1c(C)c(/C=C/c2ccncc2)c(C)c(C)c1/C=C/c1ccncc1.Cc1c(C)c(CBr)c(C)c(C)c1CBr.Cc1c(C)c(COP=O)c(C)c(C)c1COP=O.O=Cc1ccncc1.[K+]. The van der Waals surface area contributed by atoms with Gasteiger partial charge >= 0.3 is 77.4 Å². The van der Waals surface area contributed by atoms with Gasteiger partial charge in [0.25, 0.3) is 0 Å². The number of alkyl halides is 2. The van der Waals surface area contributed by atoms with Gasteiger partial charge in [-0.25, -0.2) is 9.13 Å². The van der Waals surface area contributed by atoms with E-state index in [2.05, 4.69) is 127 Å². The van der Waals surface area contributed by atoms with Crippen molar-refractivity contribution in [2.45, 2.75) is 182 Å². The quantitative estimate of drug-likeness (QED) is 0.0256. The Labute approximate surface area is 618 Å². The number of benzene rings is 3. The van der Waals surface area contributed by atoms with Crippen molar-refractivity contribution in [2.24, 2.45) is 0 Å². The summed E-state index contributed by atoms with van der Waals surface area (Å²) in [6.45, 7) is 50.3. The predicted molar refractivity (Wildman–Crippen MR) is 388 cm³/mol. The van der Waals surface area contributed by atoms with E-state index in [1.165, 1.54) is 66.8 Å². The molecule has 92 heavy (non-hydrogen) atoms. The van der Waals surface area contributed by atoms with Gasteiger partial charge in [-0.3, -0.25) is 28.8 Å². The molecule has 0 bridgehead atoms. The van der Waals surface area contributed by atoms with Crippen LogP contribution in [0, 0.1) is 83.1 Å². The molecule has 0 N–H and O–H groups in total. The standard InChI is InChI=1S/C24H24N2.C12H16Br2.C12H16O4P2.C6H5NO.C6H15O3P.C4H9O.2C4H10O.K/c1-17-18(2)24(8-6-22-11-15-26-16-12-22)20(4)19(3)23(17)7-5-21-9-13-25-14-10-21;1-7-8(2)12(6-14)10(4)9(3)11(7)5-13;1-7-8(2)12(6-16-18-14)10(4)9(3)11(7)5-15-17-13;8-5-6-1-3-7-4-2-6;1-4-7-10(8-5-2)9-6-3;1-4(2,3)5;2*1-3-5-4-2;/h5-16H,1-4H3;5-6H2,1-4H3;5-6H2,1-4H3;1-5H;4-6H2,1-3H3;1-3H3;2*3-4H2,1-2H3;/q;;;;;-1;;;+1/b7-5+,8-6+;;;;;;;;. The van der Waals surface area contributed by atoms with Gasteiger partial charge in [-0.05, 0) is 279 Å². The average Bonchev–Trinajstić information content (AvgIpc) is 0.966. The van der Waals surface area contributed by atoms with Crippen molar-refractivity contribution >= 4 is 88.4 Å². The summed E-state index contributed by atoms with van der Waals surface area (Å²) in [5, 5.41) is 12.0.